The summed E-state index contributed by atoms with van der Waals surface area (Å²) in [5, 5.41) is 12.0. The molecule has 0 aliphatic rings. The van der Waals surface area contributed by atoms with Crippen LogP contribution in [0.1, 0.15) is 24.6 Å². The summed E-state index contributed by atoms with van der Waals surface area (Å²) in [5.74, 6) is 0.746. The van der Waals surface area contributed by atoms with E-state index in [1.54, 1.807) is 14.0 Å². The SMILES string of the molecule is CCS(=O)(=O)N(C)CCCNc1ccc(C)c(C#N)n1. The Hall–Kier alpha value is -1.65. The van der Waals surface area contributed by atoms with Gasteiger partial charge < -0.3 is 5.32 Å². The summed E-state index contributed by atoms with van der Waals surface area (Å²) in [6, 6.07) is 5.68. The maximum absolute atomic E-state index is 11.5. The first-order chi connectivity index (χ1) is 9.40. The summed E-state index contributed by atoms with van der Waals surface area (Å²) < 4.78 is 24.4. The van der Waals surface area contributed by atoms with Gasteiger partial charge in [-0.25, -0.2) is 17.7 Å². The highest BCUT2D eigenvalue weighted by atomic mass is 32.2. The molecule has 0 aliphatic carbocycles. The van der Waals surface area contributed by atoms with Crippen molar-refractivity contribution in [3.63, 3.8) is 0 Å². The molecule has 1 aromatic heterocycles. The monoisotopic (exact) mass is 296 g/mol. The smallest absolute Gasteiger partial charge is 0.213 e. The Morgan fingerprint density at radius 2 is 2.15 bits per heavy atom. The molecule has 0 saturated heterocycles. The first-order valence-electron chi connectivity index (χ1n) is 6.46. The predicted molar refractivity (Wildman–Crippen MR) is 78.9 cm³/mol. The van der Waals surface area contributed by atoms with Crippen LogP contribution in [-0.2, 0) is 10.0 Å². The molecule has 6 nitrogen and oxygen atoms in total. The molecule has 1 N–H and O–H groups in total. The summed E-state index contributed by atoms with van der Waals surface area (Å²) >= 11 is 0. The molecule has 7 heteroatoms. The fraction of sp³-hybridized carbons (Fsp3) is 0.538. The lowest BCUT2D eigenvalue weighted by molar-refractivity contribution is 0.466. The van der Waals surface area contributed by atoms with Crippen LogP contribution in [0.3, 0.4) is 0 Å². The molecular formula is C13H20N4O2S. The zero-order valence-corrected chi connectivity index (χ0v) is 12.9. The number of aryl methyl sites for hydroxylation is 1. The molecule has 0 spiro atoms. The van der Waals surface area contributed by atoms with Gasteiger partial charge in [0.05, 0.1) is 5.75 Å². The topological polar surface area (TPSA) is 86.1 Å². The third-order valence-corrected chi connectivity index (χ3v) is 4.86. The van der Waals surface area contributed by atoms with E-state index in [2.05, 4.69) is 10.3 Å². The number of hydrogen-bond acceptors (Lipinski definition) is 5. The maximum atomic E-state index is 11.5. The van der Waals surface area contributed by atoms with Crippen molar-refractivity contribution in [1.29, 1.82) is 5.26 Å². The molecule has 0 saturated carbocycles. The number of pyridine rings is 1. The number of nitriles is 1. The molecule has 0 aromatic carbocycles. The standard InChI is InChI=1S/C13H20N4O2S/c1-4-20(18,19)17(3)9-5-8-15-13-7-6-11(2)12(10-14)16-13/h6-7H,4-5,8-9H2,1-3H3,(H,15,16). The number of anilines is 1. The van der Waals surface area contributed by atoms with E-state index in [0.717, 1.165) is 5.56 Å². The molecule has 0 atom stereocenters. The maximum Gasteiger partial charge on any atom is 0.213 e. The van der Waals surface area contributed by atoms with E-state index in [4.69, 9.17) is 5.26 Å². The largest absolute Gasteiger partial charge is 0.370 e. The number of nitrogens with one attached hydrogen (secondary N) is 1. The fourth-order valence-electron chi connectivity index (χ4n) is 1.62. The van der Waals surface area contributed by atoms with E-state index < -0.39 is 10.0 Å². The van der Waals surface area contributed by atoms with Gasteiger partial charge in [-0.05, 0) is 31.9 Å². The molecule has 1 heterocycles. The zero-order valence-electron chi connectivity index (χ0n) is 12.0. The molecule has 110 valence electrons. The third kappa shape index (κ3) is 4.47. The van der Waals surface area contributed by atoms with Crippen LogP contribution in [-0.4, -0.2) is 43.6 Å². The van der Waals surface area contributed by atoms with Gasteiger partial charge in [-0.2, -0.15) is 5.26 Å². The predicted octanol–water partition coefficient (Wildman–Crippen LogP) is 1.35. The molecule has 0 radical (unpaired) electrons. The van der Waals surface area contributed by atoms with Crippen LogP contribution in [0.2, 0.25) is 0 Å². The average molecular weight is 296 g/mol. The van der Waals surface area contributed by atoms with Gasteiger partial charge in [0, 0.05) is 20.1 Å². The number of sulfonamides is 1. The van der Waals surface area contributed by atoms with Crippen LogP contribution in [0.15, 0.2) is 12.1 Å². The van der Waals surface area contributed by atoms with Crippen LogP contribution < -0.4 is 5.32 Å². The minimum Gasteiger partial charge on any atom is -0.370 e. The van der Waals surface area contributed by atoms with Crippen LogP contribution in [0, 0.1) is 18.3 Å². The van der Waals surface area contributed by atoms with Crippen LogP contribution >= 0.6 is 0 Å². The van der Waals surface area contributed by atoms with Gasteiger partial charge in [0.25, 0.3) is 0 Å². The van der Waals surface area contributed by atoms with E-state index in [0.29, 0.717) is 31.0 Å². The second-order valence-corrected chi connectivity index (χ2v) is 6.84. The molecule has 0 amide bonds. The second kappa shape index (κ2) is 7.22. The molecule has 1 aromatic rings. The van der Waals surface area contributed by atoms with Crippen molar-refractivity contribution in [2.75, 3.05) is 31.2 Å². The van der Waals surface area contributed by atoms with E-state index in [1.165, 1.54) is 4.31 Å². The zero-order chi connectivity index (χ0) is 15.2. The summed E-state index contributed by atoms with van der Waals surface area (Å²) in [7, 11) is -1.53. The van der Waals surface area contributed by atoms with Crippen LogP contribution in [0.5, 0.6) is 0 Å². The lowest BCUT2D eigenvalue weighted by Gasteiger charge is -2.16. The van der Waals surface area contributed by atoms with Crippen molar-refractivity contribution < 1.29 is 8.42 Å². The molecule has 0 fully saturated rings. The minimum atomic E-state index is -3.11. The van der Waals surface area contributed by atoms with Crippen molar-refractivity contribution in [2.24, 2.45) is 0 Å². The van der Waals surface area contributed by atoms with Crippen LogP contribution in [0.25, 0.3) is 0 Å². The summed E-state index contributed by atoms with van der Waals surface area (Å²) in [5.41, 5.74) is 1.24. The highest BCUT2D eigenvalue weighted by Gasteiger charge is 2.13. The lowest BCUT2D eigenvalue weighted by atomic mass is 10.2. The Labute approximate surface area is 120 Å². The Morgan fingerprint density at radius 3 is 2.75 bits per heavy atom. The summed E-state index contributed by atoms with van der Waals surface area (Å²) in [4.78, 5) is 4.17. The van der Waals surface area contributed by atoms with E-state index in [-0.39, 0.29) is 5.75 Å². The normalized spacial score (nSPS) is 11.3. The van der Waals surface area contributed by atoms with Crippen molar-refractivity contribution in [3.05, 3.63) is 23.4 Å². The highest BCUT2D eigenvalue weighted by molar-refractivity contribution is 7.89. The van der Waals surface area contributed by atoms with E-state index in [9.17, 15) is 8.42 Å². The number of rotatable bonds is 7. The third-order valence-electron chi connectivity index (χ3n) is 3.00. The first kappa shape index (κ1) is 16.4. The van der Waals surface area contributed by atoms with E-state index >= 15 is 0 Å². The Kier molecular flexibility index (Phi) is 5.92. The summed E-state index contributed by atoms with van der Waals surface area (Å²) in [6.07, 6.45) is 0.674. The van der Waals surface area contributed by atoms with Gasteiger partial charge in [0.15, 0.2) is 0 Å². The average Bonchev–Trinajstić information content (AvgIpc) is 2.44. The number of nitrogens with zero attached hydrogens (tertiary/aromatic N) is 3. The highest BCUT2D eigenvalue weighted by Crippen LogP contribution is 2.09. The number of hydrogen-bond donors (Lipinski definition) is 1. The van der Waals surface area contributed by atoms with Crippen molar-refractivity contribution in [2.45, 2.75) is 20.3 Å². The Balaban J connectivity index is 2.44. The van der Waals surface area contributed by atoms with Crippen molar-refractivity contribution in [1.82, 2.24) is 9.29 Å². The van der Waals surface area contributed by atoms with Gasteiger partial charge in [-0.3, -0.25) is 0 Å². The van der Waals surface area contributed by atoms with Gasteiger partial charge in [-0.1, -0.05) is 6.07 Å². The molecule has 20 heavy (non-hydrogen) atoms. The van der Waals surface area contributed by atoms with Gasteiger partial charge in [0.2, 0.25) is 10.0 Å². The van der Waals surface area contributed by atoms with Crippen LogP contribution in [0.4, 0.5) is 5.82 Å². The first-order valence-corrected chi connectivity index (χ1v) is 8.07. The molecule has 1 rings (SSSR count). The summed E-state index contributed by atoms with van der Waals surface area (Å²) in [6.45, 7) is 4.52. The Bertz CT molecular complexity index is 593. The molecule has 0 bridgehead atoms. The molecule has 0 aliphatic heterocycles. The number of aromatic nitrogens is 1. The minimum absolute atomic E-state index is 0.113. The van der Waals surface area contributed by atoms with E-state index in [1.807, 2.05) is 25.1 Å². The van der Waals surface area contributed by atoms with Crippen molar-refractivity contribution >= 4 is 15.8 Å². The quantitative estimate of drug-likeness (QED) is 0.767. The van der Waals surface area contributed by atoms with Gasteiger partial charge in [0.1, 0.15) is 17.6 Å². The molecular weight excluding hydrogens is 276 g/mol. The fourth-order valence-corrected chi connectivity index (χ4v) is 2.47. The Morgan fingerprint density at radius 1 is 1.45 bits per heavy atom. The second-order valence-electron chi connectivity index (χ2n) is 4.48. The lowest BCUT2D eigenvalue weighted by Crippen LogP contribution is -2.30. The van der Waals surface area contributed by atoms with Gasteiger partial charge in [-0.15, -0.1) is 0 Å². The van der Waals surface area contributed by atoms with Crippen molar-refractivity contribution in [3.8, 4) is 6.07 Å². The van der Waals surface area contributed by atoms with Gasteiger partial charge >= 0.3 is 0 Å². The molecule has 0 unspecified atom stereocenters.